The SMILES string of the molecule is CCCc1nn(C)c(NCCC(C)S(C)=O)c1[N+](=O)[O-]. The van der Waals surface area contributed by atoms with Gasteiger partial charge in [0.05, 0.1) is 4.92 Å². The van der Waals surface area contributed by atoms with Crippen LogP contribution in [0.3, 0.4) is 0 Å². The molecular weight excluding hydrogens is 280 g/mol. The van der Waals surface area contributed by atoms with E-state index in [1.807, 2.05) is 13.8 Å². The van der Waals surface area contributed by atoms with Crippen molar-refractivity contribution in [3.8, 4) is 0 Å². The number of nitrogens with one attached hydrogen (secondary N) is 1. The molecule has 0 amide bonds. The number of anilines is 1. The van der Waals surface area contributed by atoms with E-state index in [0.717, 1.165) is 6.42 Å². The molecule has 2 atom stereocenters. The van der Waals surface area contributed by atoms with E-state index in [0.29, 0.717) is 30.9 Å². The quantitative estimate of drug-likeness (QED) is 0.584. The van der Waals surface area contributed by atoms with E-state index in [2.05, 4.69) is 10.4 Å². The van der Waals surface area contributed by atoms with Crippen molar-refractivity contribution in [2.24, 2.45) is 7.05 Å². The maximum atomic E-state index is 11.3. The molecule has 1 aromatic rings. The van der Waals surface area contributed by atoms with Gasteiger partial charge in [-0.25, -0.2) is 4.68 Å². The summed E-state index contributed by atoms with van der Waals surface area (Å²) in [5.41, 5.74) is 0.564. The van der Waals surface area contributed by atoms with Crippen molar-refractivity contribution in [3.05, 3.63) is 15.8 Å². The van der Waals surface area contributed by atoms with E-state index >= 15 is 0 Å². The maximum absolute atomic E-state index is 11.3. The maximum Gasteiger partial charge on any atom is 0.333 e. The molecule has 0 aromatic carbocycles. The van der Waals surface area contributed by atoms with Crippen LogP contribution in [0.2, 0.25) is 0 Å². The molecule has 0 saturated carbocycles. The van der Waals surface area contributed by atoms with Crippen LogP contribution in [0.25, 0.3) is 0 Å². The van der Waals surface area contributed by atoms with Crippen molar-refractivity contribution in [3.63, 3.8) is 0 Å². The summed E-state index contributed by atoms with van der Waals surface area (Å²) in [6.07, 6.45) is 3.75. The highest BCUT2D eigenvalue weighted by atomic mass is 32.2. The second-order valence-electron chi connectivity index (χ2n) is 4.80. The largest absolute Gasteiger partial charge is 0.364 e. The van der Waals surface area contributed by atoms with Crippen molar-refractivity contribution in [2.45, 2.75) is 38.4 Å². The first-order valence-electron chi connectivity index (χ1n) is 6.64. The Labute approximate surface area is 121 Å². The van der Waals surface area contributed by atoms with Crippen molar-refractivity contribution in [2.75, 3.05) is 18.1 Å². The minimum absolute atomic E-state index is 0.0552. The van der Waals surface area contributed by atoms with Gasteiger partial charge in [-0.3, -0.25) is 14.3 Å². The highest BCUT2D eigenvalue weighted by Crippen LogP contribution is 2.28. The standard InChI is InChI=1S/C12H22N4O3S/c1-5-6-10-11(16(17)18)12(15(3)14-10)13-8-7-9(2)20(4)19/h9,13H,5-8H2,1-4H3. The molecule has 0 aliphatic carbocycles. The van der Waals surface area contributed by atoms with E-state index in [4.69, 9.17) is 0 Å². The van der Waals surface area contributed by atoms with Gasteiger partial charge in [0.15, 0.2) is 0 Å². The van der Waals surface area contributed by atoms with Crippen LogP contribution >= 0.6 is 0 Å². The zero-order chi connectivity index (χ0) is 15.3. The van der Waals surface area contributed by atoms with E-state index in [-0.39, 0.29) is 15.9 Å². The van der Waals surface area contributed by atoms with E-state index < -0.39 is 10.8 Å². The van der Waals surface area contributed by atoms with Gasteiger partial charge in [0.2, 0.25) is 5.82 Å². The van der Waals surface area contributed by atoms with E-state index in [1.54, 1.807) is 13.3 Å². The van der Waals surface area contributed by atoms with Gasteiger partial charge in [0.1, 0.15) is 5.69 Å². The molecule has 1 aromatic heterocycles. The summed E-state index contributed by atoms with van der Waals surface area (Å²) in [5, 5.41) is 18.5. The number of nitrogens with zero attached hydrogens (tertiary/aromatic N) is 3. The summed E-state index contributed by atoms with van der Waals surface area (Å²) in [5.74, 6) is 0.424. The van der Waals surface area contributed by atoms with Crippen LogP contribution in [0.15, 0.2) is 0 Å². The summed E-state index contributed by atoms with van der Waals surface area (Å²) in [6, 6.07) is 0. The molecule has 0 radical (unpaired) electrons. The lowest BCUT2D eigenvalue weighted by atomic mass is 10.2. The summed E-state index contributed by atoms with van der Waals surface area (Å²) >= 11 is 0. The van der Waals surface area contributed by atoms with Crippen LogP contribution < -0.4 is 5.32 Å². The number of hydrogen-bond donors (Lipinski definition) is 1. The van der Waals surface area contributed by atoms with Crippen LogP contribution in [-0.4, -0.2) is 37.0 Å². The number of nitro groups is 1. The van der Waals surface area contributed by atoms with Crippen molar-refractivity contribution < 1.29 is 9.13 Å². The Hall–Kier alpha value is -1.44. The van der Waals surface area contributed by atoms with Crippen molar-refractivity contribution >= 4 is 22.3 Å². The molecule has 8 heteroatoms. The molecule has 1 N–H and O–H groups in total. The third-order valence-electron chi connectivity index (χ3n) is 3.17. The Bertz CT molecular complexity index is 501. The van der Waals surface area contributed by atoms with Gasteiger partial charge in [0.25, 0.3) is 0 Å². The zero-order valence-corrected chi connectivity index (χ0v) is 13.2. The lowest BCUT2D eigenvalue weighted by Gasteiger charge is -2.09. The van der Waals surface area contributed by atoms with Crippen LogP contribution in [0.4, 0.5) is 11.5 Å². The first-order chi connectivity index (χ1) is 9.38. The van der Waals surface area contributed by atoms with Gasteiger partial charge in [-0.1, -0.05) is 20.3 Å². The number of hydrogen-bond acceptors (Lipinski definition) is 5. The molecule has 0 saturated heterocycles. The number of aryl methyl sites for hydroxylation is 2. The van der Waals surface area contributed by atoms with Gasteiger partial charge in [0, 0.05) is 35.9 Å². The Morgan fingerprint density at radius 3 is 2.70 bits per heavy atom. The Kier molecular flexibility index (Phi) is 6.12. The average Bonchev–Trinajstić information content (AvgIpc) is 2.66. The monoisotopic (exact) mass is 302 g/mol. The minimum Gasteiger partial charge on any atom is -0.364 e. The second-order valence-corrected chi connectivity index (χ2v) is 6.60. The predicted molar refractivity (Wildman–Crippen MR) is 80.5 cm³/mol. The minimum atomic E-state index is -0.882. The molecule has 0 fully saturated rings. The van der Waals surface area contributed by atoms with Crippen LogP contribution in [0.1, 0.15) is 32.4 Å². The fourth-order valence-corrected chi connectivity index (χ4v) is 2.37. The van der Waals surface area contributed by atoms with Gasteiger partial charge in [-0.05, 0) is 12.8 Å². The Balaban J connectivity index is 2.83. The molecule has 114 valence electrons. The molecule has 0 aliphatic heterocycles. The molecule has 20 heavy (non-hydrogen) atoms. The highest BCUT2D eigenvalue weighted by molar-refractivity contribution is 7.84. The van der Waals surface area contributed by atoms with Crippen LogP contribution in [0.5, 0.6) is 0 Å². The molecule has 2 unspecified atom stereocenters. The van der Waals surface area contributed by atoms with Gasteiger partial charge < -0.3 is 5.32 Å². The summed E-state index contributed by atoms with van der Waals surface area (Å²) in [7, 11) is 0.809. The summed E-state index contributed by atoms with van der Waals surface area (Å²) in [4.78, 5) is 10.8. The Morgan fingerprint density at radius 1 is 1.55 bits per heavy atom. The molecule has 0 spiro atoms. The lowest BCUT2D eigenvalue weighted by Crippen LogP contribution is -2.16. The van der Waals surface area contributed by atoms with Crippen LogP contribution in [0, 0.1) is 10.1 Å². The number of aromatic nitrogens is 2. The average molecular weight is 302 g/mol. The molecular formula is C12H22N4O3S. The highest BCUT2D eigenvalue weighted by Gasteiger charge is 2.25. The van der Waals surface area contributed by atoms with E-state index in [1.165, 1.54) is 4.68 Å². The van der Waals surface area contributed by atoms with Crippen molar-refractivity contribution in [1.29, 1.82) is 0 Å². The molecule has 0 aliphatic rings. The predicted octanol–water partition coefficient (Wildman–Crippen LogP) is 1.85. The lowest BCUT2D eigenvalue weighted by molar-refractivity contribution is -0.384. The molecule has 7 nitrogen and oxygen atoms in total. The Morgan fingerprint density at radius 2 is 2.20 bits per heavy atom. The first kappa shape index (κ1) is 16.6. The van der Waals surface area contributed by atoms with Gasteiger partial charge >= 0.3 is 5.69 Å². The third-order valence-corrected chi connectivity index (χ3v) is 4.54. The summed E-state index contributed by atoms with van der Waals surface area (Å²) in [6.45, 7) is 4.40. The molecule has 1 heterocycles. The molecule has 1 rings (SSSR count). The summed E-state index contributed by atoms with van der Waals surface area (Å²) < 4.78 is 12.8. The fraction of sp³-hybridized carbons (Fsp3) is 0.750. The zero-order valence-electron chi connectivity index (χ0n) is 12.4. The van der Waals surface area contributed by atoms with Crippen LogP contribution in [-0.2, 0) is 24.3 Å². The van der Waals surface area contributed by atoms with E-state index in [9.17, 15) is 14.3 Å². The van der Waals surface area contributed by atoms with Crippen molar-refractivity contribution in [1.82, 2.24) is 9.78 Å². The fourth-order valence-electron chi connectivity index (χ4n) is 1.92. The molecule has 0 bridgehead atoms. The number of rotatable bonds is 8. The normalized spacial score (nSPS) is 14.0. The first-order valence-corrected chi connectivity index (χ1v) is 8.26. The topological polar surface area (TPSA) is 90.1 Å². The van der Waals surface area contributed by atoms with Gasteiger partial charge in [-0.15, -0.1) is 0 Å². The van der Waals surface area contributed by atoms with Gasteiger partial charge in [-0.2, -0.15) is 5.10 Å². The second kappa shape index (κ2) is 7.37. The smallest absolute Gasteiger partial charge is 0.333 e. The third kappa shape index (κ3) is 4.03.